The van der Waals surface area contributed by atoms with Crippen LogP contribution in [0.25, 0.3) is 0 Å². The van der Waals surface area contributed by atoms with Crippen molar-refractivity contribution < 1.29 is 14.6 Å². The number of carboxylic acid groups (broad SMARTS) is 1. The number of hydrogen-bond acceptors (Lipinski definition) is 2. The van der Waals surface area contributed by atoms with Gasteiger partial charge in [0.2, 0.25) is 0 Å². The van der Waals surface area contributed by atoms with Gasteiger partial charge in [0.15, 0.2) is 0 Å². The SMILES string of the molecule is Cc1cc(CCCC(=O)O)cc(Cl)c1OCc1ccccc1. The molecular weight excluding hydrogens is 300 g/mol. The number of aryl methyl sites for hydroxylation is 2. The fourth-order valence-electron chi connectivity index (χ4n) is 2.30. The number of aliphatic carboxylic acids is 1. The van der Waals surface area contributed by atoms with Crippen LogP contribution in [0.4, 0.5) is 0 Å². The van der Waals surface area contributed by atoms with Crippen LogP contribution >= 0.6 is 11.6 Å². The Kier molecular flexibility index (Phi) is 5.84. The normalized spacial score (nSPS) is 10.5. The van der Waals surface area contributed by atoms with Crippen molar-refractivity contribution in [2.75, 3.05) is 0 Å². The first-order valence-corrected chi connectivity index (χ1v) is 7.61. The standard InChI is InChI=1S/C18H19ClO3/c1-13-10-15(8-5-9-17(20)21)11-16(19)18(13)22-12-14-6-3-2-4-7-14/h2-4,6-7,10-11H,5,8-9,12H2,1H3,(H,20,21). The van der Waals surface area contributed by atoms with Crippen LogP contribution in [0.1, 0.15) is 29.5 Å². The smallest absolute Gasteiger partial charge is 0.303 e. The van der Waals surface area contributed by atoms with Crippen molar-refractivity contribution in [3.63, 3.8) is 0 Å². The van der Waals surface area contributed by atoms with Gasteiger partial charge >= 0.3 is 5.97 Å². The van der Waals surface area contributed by atoms with Gasteiger partial charge < -0.3 is 9.84 Å². The first kappa shape index (κ1) is 16.4. The van der Waals surface area contributed by atoms with E-state index in [2.05, 4.69) is 0 Å². The van der Waals surface area contributed by atoms with Crippen LogP contribution in [0.15, 0.2) is 42.5 Å². The van der Waals surface area contributed by atoms with E-state index in [-0.39, 0.29) is 6.42 Å². The lowest BCUT2D eigenvalue weighted by molar-refractivity contribution is -0.137. The molecular formula is C18H19ClO3. The second-order valence-corrected chi connectivity index (χ2v) is 5.65. The Balaban J connectivity index is 2.01. The number of rotatable bonds is 7. The third-order valence-electron chi connectivity index (χ3n) is 3.37. The maximum atomic E-state index is 10.6. The average Bonchev–Trinajstić information content (AvgIpc) is 2.47. The number of halogens is 1. The van der Waals surface area contributed by atoms with Crippen molar-refractivity contribution in [3.05, 3.63) is 64.2 Å². The summed E-state index contributed by atoms with van der Waals surface area (Å²) in [6, 6.07) is 13.8. The van der Waals surface area contributed by atoms with E-state index in [1.54, 1.807) is 0 Å². The molecule has 0 amide bonds. The summed E-state index contributed by atoms with van der Waals surface area (Å²) in [5, 5.41) is 9.25. The van der Waals surface area contributed by atoms with Crippen molar-refractivity contribution >= 4 is 17.6 Å². The lowest BCUT2D eigenvalue weighted by Crippen LogP contribution is -2.00. The van der Waals surface area contributed by atoms with Crippen molar-refractivity contribution in [1.29, 1.82) is 0 Å². The molecule has 0 aromatic heterocycles. The lowest BCUT2D eigenvalue weighted by Gasteiger charge is -2.13. The molecule has 116 valence electrons. The van der Waals surface area contributed by atoms with Crippen LogP contribution in [0.5, 0.6) is 5.75 Å². The van der Waals surface area contributed by atoms with Gasteiger partial charge in [-0.05, 0) is 42.5 Å². The number of benzene rings is 2. The Labute approximate surface area is 135 Å². The number of carbonyl (C=O) groups is 1. The van der Waals surface area contributed by atoms with E-state index in [4.69, 9.17) is 21.4 Å². The molecule has 3 nitrogen and oxygen atoms in total. The van der Waals surface area contributed by atoms with Crippen LogP contribution in [0, 0.1) is 6.92 Å². The molecule has 0 aliphatic carbocycles. The van der Waals surface area contributed by atoms with E-state index < -0.39 is 5.97 Å². The molecule has 0 heterocycles. The van der Waals surface area contributed by atoms with E-state index in [0.29, 0.717) is 30.2 Å². The van der Waals surface area contributed by atoms with Gasteiger partial charge in [-0.25, -0.2) is 0 Å². The molecule has 0 fully saturated rings. The molecule has 0 radical (unpaired) electrons. The van der Waals surface area contributed by atoms with Gasteiger partial charge in [0.05, 0.1) is 5.02 Å². The topological polar surface area (TPSA) is 46.5 Å². The van der Waals surface area contributed by atoms with Gasteiger partial charge in [-0.1, -0.05) is 48.0 Å². The minimum atomic E-state index is -0.773. The lowest BCUT2D eigenvalue weighted by atomic mass is 10.0. The molecule has 2 aromatic carbocycles. The number of carboxylic acids is 1. The van der Waals surface area contributed by atoms with Crippen LogP contribution in [-0.4, -0.2) is 11.1 Å². The summed E-state index contributed by atoms with van der Waals surface area (Å²) in [5.41, 5.74) is 3.09. The highest BCUT2D eigenvalue weighted by Gasteiger charge is 2.09. The molecule has 0 atom stereocenters. The summed E-state index contributed by atoms with van der Waals surface area (Å²) in [7, 11) is 0. The Morgan fingerprint density at radius 2 is 1.91 bits per heavy atom. The summed E-state index contributed by atoms with van der Waals surface area (Å²) in [6.07, 6.45) is 1.48. The van der Waals surface area contributed by atoms with Crippen molar-refractivity contribution in [3.8, 4) is 5.75 Å². The maximum Gasteiger partial charge on any atom is 0.303 e. The molecule has 2 rings (SSSR count). The average molecular weight is 319 g/mol. The van der Waals surface area contributed by atoms with Gasteiger partial charge in [-0.2, -0.15) is 0 Å². The summed E-state index contributed by atoms with van der Waals surface area (Å²) >= 11 is 6.30. The van der Waals surface area contributed by atoms with Gasteiger partial charge in [0, 0.05) is 6.42 Å². The summed E-state index contributed by atoms with van der Waals surface area (Å²) < 4.78 is 5.83. The Morgan fingerprint density at radius 1 is 1.18 bits per heavy atom. The molecule has 0 saturated heterocycles. The zero-order valence-electron chi connectivity index (χ0n) is 12.5. The van der Waals surface area contributed by atoms with Gasteiger partial charge in [0.25, 0.3) is 0 Å². The molecule has 1 N–H and O–H groups in total. The Hall–Kier alpha value is -2.00. The van der Waals surface area contributed by atoms with E-state index in [1.165, 1.54) is 0 Å². The first-order valence-electron chi connectivity index (χ1n) is 7.24. The molecule has 0 spiro atoms. The highest BCUT2D eigenvalue weighted by atomic mass is 35.5. The molecule has 0 aliphatic rings. The first-order chi connectivity index (χ1) is 10.6. The van der Waals surface area contributed by atoms with Crippen molar-refractivity contribution in [1.82, 2.24) is 0 Å². The fourth-order valence-corrected chi connectivity index (χ4v) is 2.65. The van der Waals surface area contributed by atoms with E-state index in [0.717, 1.165) is 16.7 Å². The van der Waals surface area contributed by atoms with E-state index in [9.17, 15) is 4.79 Å². The molecule has 2 aromatic rings. The van der Waals surface area contributed by atoms with Crippen LogP contribution in [-0.2, 0) is 17.8 Å². The minimum Gasteiger partial charge on any atom is -0.487 e. The molecule has 0 bridgehead atoms. The monoisotopic (exact) mass is 318 g/mol. The number of ether oxygens (including phenoxy) is 1. The van der Waals surface area contributed by atoms with Crippen LogP contribution in [0.3, 0.4) is 0 Å². The molecule has 0 saturated carbocycles. The highest BCUT2D eigenvalue weighted by molar-refractivity contribution is 6.32. The molecule has 4 heteroatoms. The third-order valence-corrected chi connectivity index (χ3v) is 3.65. The summed E-state index contributed by atoms with van der Waals surface area (Å²) in [6.45, 7) is 2.42. The van der Waals surface area contributed by atoms with Gasteiger partial charge in [-0.3, -0.25) is 4.79 Å². The second-order valence-electron chi connectivity index (χ2n) is 5.25. The fraction of sp³-hybridized carbons (Fsp3) is 0.278. The second kappa shape index (κ2) is 7.85. The van der Waals surface area contributed by atoms with E-state index in [1.807, 2.05) is 49.4 Å². The third kappa shape index (κ3) is 4.78. The highest BCUT2D eigenvalue weighted by Crippen LogP contribution is 2.31. The number of hydrogen-bond donors (Lipinski definition) is 1. The predicted octanol–water partition coefficient (Wildman–Crippen LogP) is 4.63. The summed E-state index contributed by atoms with van der Waals surface area (Å²) in [5.74, 6) is -0.0851. The van der Waals surface area contributed by atoms with Crippen molar-refractivity contribution in [2.24, 2.45) is 0 Å². The maximum absolute atomic E-state index is 10.6. The predicted molar refractivity (Wildman–Crippen MR) is 87.5 cm³/mol. The van der Waals surface area contributed by atoms with Crippen LogP contribution in [0.2, 0.25) is 5.02 Å². The molecule has 0 unspecified atom stereocenters. The molecule has 22 heavy (non-hydrogen) atoms. The molecule has 0 aliphatic heterocycles. The zero-order chi connectivity index (χ0) is 15.9. The summed E-state index contributed by atoms with van der Waals surface area (Å²) in [4.78, 5) is 10.6. The van der Waals surface area contributed by atoms with E-state index >= 15 is 0 Å². The largest absolute Gasteiger partial charge is 0.487 e. The Morgan fingerprint density at radius 3 is 2.55 bits per heavy atom. The minimum absolute atomic E-state index is 0.170. The van der Waals surface area contributed by atoms with Crippen LogP contribution < -0.4 is 4.74 Å². The Bertz CT molecular complexity index is 615. The quantitative estimate of drug-likeness (QED) is 0.809. The zero-order valence-corrected chi connectivity index (χ0v) is 13.3. The van der Waals surface area contributed by atoms with Gasteiger partial charge in [0.1, 0.15) is 12.4 Å². The van der Waals surface area contributed by atoms with Crippen molar-refractivity contribution in [2.45, 2.75) is 32.8 Å². The van der Waals surface area contributed by atoms with Gasteiger partial charge in [-0.15, -0.1) is 0 Å².